The maximum Gasteiger partial charge on any atom is 0.244 e. The van der Waals surface area contributed by atoms with Gasteiger partial charge in [-0.3, -0.25) is 0 Å². The summed E-state index contributed by atoms with van der Waals surface area (Å²) in [4.78, 5) is -0.0430. The Bertz CT molecular complexity index is 517. The Balaban J connectivity index is 3.14. The zero-order valence-corrected chi connectivity index (χ0v) is 12.5. The Morgan fingerprint density at radius 2 is 2.00 bits per heavy atom. The molecule has 0 spiro atoms. The van der Waals surface area contributed by atoms with Gasteiger partial charge in [0.15, 0.2) is 5.75 Å². The first-order valence-corrected chi connectivity index (χ1v) is 7.69. The average Bonchev–Trinajstić information content (AvgIpc) is 2.28. The van der Waals surface area contributed by atoms with Gasteiger partial charge in [0.2, 0.25) is 10.0 Å². The molecule has 1 aromatic rings. The molecule has 18 heavy (non-hydrogen) atoms. The van der Waals surface area contributed by atoms with Gasteiger partial charge in [0.1, 0.15) is 4.90 Å². The normalized spacial score (nSPS) is 11.6. The first-order valence-electron chi connectivity index (χ1n) is 5.45. The SMILES string of the molecule is CCCCNS(=O)(=O)c1cc(Cl)cc(Cl)c1OC. The average molecular weight is 312 g/mol. The lowest BCUT2D eigenvalue weighted by atomic mass is 10.3. The predicted octanol–water partition coefficient (Wildman–Crippen LogP) is 3.08. The van der Waals surface area contributed by atoms with Crippen LogP contribution in [-0.2, 0) is 10.0 Å². The van der Waals surface area contributed by atoms with Gasteiger partial charge in [0.05, 0.1) is 12.1 Å². The van der Waals surface area contributed by atoms with Crippen LogP contribution in [0.15, 0.2) is 17.0 Å². The van der Waals surface area contributed by atoms with E-state index in [0.29, 0.717) is 6.54 Å². The summed E-state index contributed by atoms with van der Waals surface area (Å²) in [5, 5.41) is 0.414. The summed E-state index contributed by atoms with van der Waals surface area (Å²) in [5.41, 5.74) is 0. The fourth-order valence-electron chi connectivity index (χ4n) is 1.40. The van der Waals surface area contributed by atoms with Gasteiger partial charge in [-0.25, -0.2) is 13.1 Å². The Morgan fingerprint density at radius 3 is 2.56 bits per heavy atom. The zero-order chi connectivity index (χ0) is 13.8. The molecule has 0 bridgehead atoms. The van der Waals surface area contributed by atoms with E-state index in [1.54, 1.807) is 0 Å². The largest absolute Gasteiger partial charge is 0.494 e. The highest BCUT2D eigenvalue weighted by atomic mass is 35.5. The van der Waals surface area contributed by atoms with E-state index in [0.717, 1.165) is 12.8 Å². The molecule has 0 aliphatic rings. The molecule has 0 fully saturated rings. The van der Waals surface area contributed by atoms with Gasteiger partial charge in [-0.2, -0.15) is 0 Å². The van der Waals surface area contributed by atoms with Crippen molar-refractivity contribution in [3.63, 3.8) is 0 Å². The molecule has 4 nitrogen and oxygen atoms in total. The smallest absolute Gasteiger partial charge is 0.244 e. The van der Waals surface area contributed by atoms with Crippen LogP contribution in [0, 0.1) is 0 Å². The molecule has 0 atom stereocenters. The lowest BCUT2D eigenvalue weighted by Gasteiger charge is -2.12. The minimum Gasteiger partial charge on any atom is -0.494 e. The monoisotopic (exact) mass is 311 g/mol. The minimum absolute atomic E-state index is 0.0430. The number of unbranched alkanes of at least 4 members (excludes halogenated alkanes) is 1. The van der Waals surface area contributed by atoms with E-state index in [-0.39, 0.29) is 20.7 Å². The zero-order valence-electron chi connectivity index (χ0n) is 10.2. The van der Waals surface area contributed by atoms with E-state index in [1.165, 1.54) is 19.2 Å². The number of methoxy groups -OCH3 is 1. The molecular formula is C11H15Cl2NO3S. The minimum atomic E-state index is -3.66. The van der Waals surface area contributed by atoms with E-state index in [1.807, 2.05) is 6.92 Å². The molecule has 0 heterocycles. The summed E-state index contributed by atoms with van der Waals surface area (Å²) in [6, 6.07) is 2.76. The van der Waals surface area contributed by atoms with Gasteiger partial charge in [0.25, 0.3) is 0 Å². The Morgan fingerprint density at radius 1 is 1.33 bits per heavy atom. The van der Waals surface area contributed by atoms with Gasteiger partial charge in [-0.1, -0.05) is 36.5 Å². The van der Waals surface area contributed by atoms with Gasteiger partial charge in [0, 0.05) is 11.6 Å². The van der Waals surface area contributed by atoms with Crippen molar-refractivity contribution < 1.29 is 13.2 Å². The van der Waals surface area contributed by atoms with Gasteiger partial charge in [-0.15, -0.1) is 0 Å². The predicted molar refractivity (Wildman–Crippen MR) is 73.1 cm³/mol. The van der Waals surface area contributed by atoms with Crippen LogP contribution in [0.5, 0.6) is 5.75 Å². The van der Waals surface area contributed by atoms with Gasteiger partial charge >= 0.3 is 0 Å². The van der Waals surface area contributed by atoms with Crippen molar-refractivity contribution in [3.8, 4) is 5.75 Å². The third kappa shape index (κ3) is 3.75. The summed E-state index contributed by atoms with van der Waals surface area (Å²) in [6.07, 6.45) is 1.66. The fourth-order valence-corrected chi connectivity index (χ4v) is 3.37. The second-order valence-electron chi connectivity index (χ2n) is 3.67. The second kappa shape index (κ2) is 6.61. The standard InChI is InChI=1S/C11H15Cl2NO3S/c1-3-4-5-14-18(15,16)10-7-8(12)6-9(13)11(10)17-2/h6-7,14H,3-5H2,1-2H3. The maximum absolute atomic E-state index is 12.1. The van der Waals surface area contributed by atoms with Crippen molar-refractivity contribution in [2.75, 3.05) is 13.7 Å². The Labute approximate surface area is 117 Å². The first-order chi connectivity index (χ1) is 8.42. The van der Waals surface area contributed by atoms with Crippen LogP contribution < -0.4 is 9.46 Å². The molecular weight excluding hydrogens is 297 g/mol. The first kappa shape index (κ1) is 15.6. The molecule has 0 aromatic heterocycles. The third-order valence-corrected chi connectivity index (χ3v) is 4.26. The van der Waals surface area contributed by atoms with Crippen LogP contribution in [0.3, 0.4) is 0 Å². The lowest BCUT2D eigenvalue weighted by molar-refractivity contribution is 0.402. The summed E-state index contributed by atoms with van der Waals surface area (Å²) < 4.78 is 31.7. The third-order valence-electron chi connectivity index (χ3n) is 2.29. The molecule has 0 amide bonds. The summed E-state index contributed by atoms with van der Waals surface area (Å²) in [5.74, 6) is 0.102. The van der Waals surface area contributed by atoms with Crippen LogP contribution in [-0.4, -0.2) is 22.1 Å². The van der Waals surface area contributed by atoms with Crippen molar-refractivity contribution in [2.45, 2.75) is 24.7 Å². The lowest BCUT2D eigenvalue weighted by Crippen LogP contribution is -2.25. The molecule has 1 aromatic carbocycles. The van der Waals surface area contributed by atoms with Crippen molar-refractivity contribution >= 4 is 33.2 Å². The molecule has 0 unspecified atom stereocenters. The molecule has 102 valence electrons. The number of hydrogen-bond acceptors (Lipinski definition) is 3. The van der Waals surface area contributed by atoms with Crippen LogP contribution in [0.25, 0.3) is 0 Å². The number of benzene rings is 1. The quantitative estimate of drug-likeness (QED) is 0.821. The topological polar surface area (TPSA) is 55.4 Å². The highest BCUT2D eigenvalue weighted by Crippen LogP contribution is 2.34. The summed E-state index contributed by atoms with van der Waals surface area (Å²) in [7, 11) is -2.30. The number of hydrogen-bond donors (Lipinski definition) is 1. The summed E-state index contributed by atoms with van der Waals surface area (Å²) >= 11 is 11.7. The molecule has 0 saturated heterocycles. The number of ether oxygens (including phenoxy) is 1. The maximum atomic E-state index is 12.1. The number of rotatable bonds is 6. The number of nitrogens with one attached hydrogen (secondary N) is 1. The van der Waals surface area contributed by atoms with E-state index in [4.69, 9.17) is 27.9 Å². The highest BCUT2D eigenvalue weighted by Gasteiger charge is 2.22. The molecule has 1 N–H and O–H groups in total. The van der Waals surface area contributed by atoms with E-state index in [2.05, 4.69) is 4.72 Å². The van der Waals surface area contributed by atoms with Crippen molar-refractivity contribution in [1.29, 1.82) is 0 Å². The number of halogens is 2. The van der Waals surface area contributed by atoms with Gasteiger partial charge in [-0.05, 0) is 18.6 Å². The van der Waals surface area contributed by atoms with Crippen molar-refractivity contribution in [2.24, 2.45) is 0 Å². The van der Waals surface area contributed by atoms with E-state index in [9.17, 15) is 8.42 Å². The van der Waals surface area contributed by atoms with Gasteiger partial charge < -0.3 is 4.74 Å². The van der Waals surface area contributed by atoms with E-state index >= 15 is 0 Å². The molecule has 0 radical (unpaired) electrons. The van der Waals surface area contributed by atoms with Crippen LogP contribution in [0.4, 0.5) is 0 Å². The molecule has 0 aliphatic carbocycles. The Kier molecular flexibility index (Phi) is 5.72. The highest BCUT2D eigenvalue weighted by molar-refractivity contribution is 7.89. The van der Waals surface area contributed by atoms with Crippen LogP contribution in [0.2, 0.25) is 10.0 Å². The molecule has 7 heteroatoms. The fraction of sp³-hybridized carbons (Fsp3) is 0.455. The van der Waals surface area contributed by atoms with E-state index < -0.39 is 10.0 Å². The summed E-state index contributed by atoms with van der Waals surface area (Å²) in [6.45, 7) is 2.34. The molecule has 0 aliphatic heterocycles. The van der Waals surface area contributed by atoms with Crippen LogP contribution in [0.1, 0.15) is 19.8 Å². The molecule has 1 rings (SSSR count). The number of sulfonamides is 1. The second-order valence-corrected chi connectivity index (χ2v) is 6.25. The molecule has 0 saturated carbocycles. The van der Waals surface area contributed by atoms with Crippen molar-refractivity contribution in [3.05, 3.63) is 22.2 Å². The van der Waals surface area contributed by atoms with Crippen LogP contribution >= 0.6 is 23.2 Å². The van der Waals surface area contributed by atoms with Crippen molar-refractivity contribution in [1.82, 2.24) is 4.72 Å². The Hall–Kier alpha value is -0.490.